The second-order valence-electron chi connectivity index (χ2n) is 3.99. The maximum absolute atomic E-state index is 10.5. The molecule has 2 rings (SSSR count). The Bertz CT molecular complexity index is 361. The molecular weight excluding hydrogens is 224 g/mol. The maximum atomic E-state index is 10.5. The Hall–Kier alpha value is -1.10. The monoisotopic (exact) mass is 238 g/mol. The van der Waals surface area contributed by atoms with E-state index in [1.165, 1.54) is 44.4 Å². The highest BCUT2D eigenvalue weighted by Gasteiger charge is 2.15. The van der Waals surface area contributed by atoms with Crippen LogP contribution in [-0.2, 0) is 0 Å². The van der Waals surface area contributed by atoms with E-state index in [-0.39, 0.29) is 5.69 Å². The Balaban J connectivity index is 1.96. The molecule has 0 spiro atoms. The molecule has 16 heavy (non-hydrogen) atoms. The van der Waals surface area contributed by atoms with Crippen LogP contribution in [0, 0.1) is 10.1 Å². The van der Waals surface area contributed by atoms with Crippen LogP contribution in [-0.4, -0.2) is 15.2 Å². The minimum absolute atomic E-state index is 0.0630. The molecule has 1 fully saturated rings. The van der Waals surface area contributed by atoms with Crippen LogP contribution in [0.4, 0.5) is 5.69 Å². The van der Waals surface area contributed by atoms with Crippen LogP contribution in [0.25, 0.3) is 0 Å². The standard InChI is InChI=1S/C11H14N2O2S/c14-13(15)9-6-7-11(12-8-9)16-10-4-2-1-3-5-10/h6-8,10H,1-5H2. The number of aromatic nitrogens is 1. The van der Waals surface area contributed by atoms with E-state index in [1.54, 1.807) is 17.8 Å². The third kappa shape index (κ3) is 2.95. The van der Waals surface area contributed by atoms with E-state index in [9.17, 15) is 10.1 Å². The topological polar surface area (TPSA) is 56.0 Å². The normalized spacial score (nSPS) is 17.2. The molecule has 5 heteroatoms. The first-order chi connectivity index (χ1) is 7.75. The van der Waals surface area contributed by atoms with Crippen molar-refractivity contribution in [1.29, 1.82) is 0 Å². The van der Waals surface area contributed by atoms with Gasteiger partial charge in [0.1, 0.15) is 6.20 Å². The summed E-state index contributed by atoms with van der Waals surface area (Å²) >= 11 is 1.75. The van der Waals surface area contributed by atoms with Crippen LogP contribution in [0.3, 0.4) is 0 Å². The zero-order chi connectivity index (χ0) is 11.4. The number of nitrogens with zero attached hydrogens (tertiary/aromatic N) is 2. The number of nitro groups is 1. The Kier molecular flexibility index (Phi) is 3.77. The van der Waals surface area contributed by atoms with Gasteiger partial charge in [0.05, 0.1) is 9.95 Å². The van der Waals surface area contributed by atoms with Crippen molar-refractivity contribution in [3.8, 4) is 0 Å². The van der Waals surface area contributed by atoms with Crippen LogP contribution in [0.1, 0.15) is 32.1 Å². The highest BCUT2D eigenvalue weighted by molar-refractivity contribution is 7.99. The fourth-order valence-corrected chi connectivity index (χ4v) is 3.07. The molecule has 0 atom stereocenters. The quantitative estimate of drug-likeness (QED) is 0.598. The van der Waals surface area contributed by atoms with E-state index in [0.717, 1.165) is 5.03 Å². The summed E-state index contributed by atoms with van der Waals surface area (Å²) in [6, 6.07) is 3.27. The largest absolute Gasteiger partial charge is 0.287 e. The molecule has 0 saturated heterocycles. The highest BCUT2D eigenvalue weighted by atomic mass is 32.2. The van der Waals surface area contributed by atoms with Gasteiger partial charge in [-0.25, -0.2) is 4.98 Å². The molecule has 0 aromatic carbocycles. The zero-order valence-electron chi connectivity index (χ0n) is 8.96. The van der Waals surface area contributed by atoms with E-state index < -0.39 is 4.92 Å². The van der Waals surface area contributed by atoms with Gasteiger partial charge in [0.2, 0.25) is 0 Å². The van der Waals surface area contributed by atoms with Gasteiger partial charge in [-0.3, -0.25) is 10.1 Å². The van der Waals surface area contributed by atoms with Gasteiger partial charge in [-0.2, -0.15) is 0 Å². The first-order valence-electron chi connectivity index (χ1n) is 5.53. The summed E-state index contributed by atoms with van der Waals surface area (Å²) in [5, 5.41) is 12.0. The van der Waals surface area contributed by atoms with Crippen LogP contribution < -0.4 is 0 Å². The third-order valence-corrected chi connectivity index (χ3v) is 4.06. The van der Waals surface area contributed by atoms with E-state index in [0.29, 0.717) is 5.25 Å². The summed E-state index contributed by atoms with van der Waals surface area (Å²) < 4.78 is 0. The molecule has 0 bridgehead atoms. The molecule has 1 aromatic rings. The van der Waals surface area contributed by atoms with E-state index in [1.807, 2.05) is 0 Å². The smallest absolute Gasteiger partial charge is 0.258 e. The fraction of sp³-hybridized carbons (Fsp3) is 0.545. The van der Waals surface area contributed by atoms with Gasteiger partial charge in [-0.05, 0) is 18.9 Å². The van der Waals surface area contributed by atoms with Gasteiger partial charge in [0, 0.05) is 11.3 Å². The molecule has 1 heterocycles. The molecule has 1 saturated carbocycles. The first-order valence-corrected chi connectivity index (χ1v) is 6.41. The minimum atomic E-state index is -0.415. The molecule has 0 radical (unpaired) electrons. The fourth-order valence-electron chi connectivity index (χ4n) is 1.90. The van der Waals surface area contributed by atoms with Crippen molar-refractivity contribution >= 4 is 17.4 Å². The van der Waals surface area contributed by atoms with Crippen LogP contribution >= 0.6 is 11.8 Å². The SMILES string of the molecule is O=[N+]([O-])c1ccc(SC2CCCCC2)nc1. The molecular formula is C11H14N2O2S. The Morgan fingerprint density at radius 2 is 2.06 bits per heavy atom. The van der Waals surface area contributed by atoms with Gasteiger partial charge >= 0.3 is 0 Å². The number of rotatable bonds is 3. The lowest BCUT2D eigenvalue weighted by atomic mass is 10.0. The molecule has 0 N–H and O–H groups in total. The summed E-state index contributed by atoms with van der Waals surface area (Å²) in [5.74, 6) is 0. The average Bonchev–Trinajstić information content (AvgIpc) is 2.31. The molecule has 1 aromatic heterocycles. The highest BCUT2D eigenvalue weighted by Crippen LogP contribution is 2.32. The lowest BCUT2D eigenvalue weighted by Crippen LogP contribution is -2.07. The molecule has 0 aliphatic heterocycles. The van der Waals surface area contributed by atoms with Crippen LogP contribution in [0.5, 0.6) is 0 Å². The molecule has 0 unspecified atom stereocenters. The number of hydrogen-bond donors (Lipinski definition) is 0. The van der Waals surface area contributed by atoms with Crippen molar-refractivity contribution in [3.63, 3.8) is 0 Å². The van der Waals surface area contributed by atoms with Crippen molar-refractivity contribution in [2.24, 2.45) is 0 Å². The molecule has 1 aliphatic rings. The average molecular weight is 238 g/mol. The molecule has 1 aliphatic carbocycles. The lowest BCUT2D eigenvalue weighted by Gasteiger charge is -2.20. The molecule has 86 valence electrons. The van der Waals surface area contributed by atoms with Gasteiger partial charge in [-0.15, -0.1) is 11.8 Å². The second kappa shape index (κ2) is 5.30. The number of hydrogen-bond acceptors (Lipinski definition) is 4. The Morgan fingerprint density at radius 3 is 2.62 bits per heavy atom. The molecule has 0 amide bonds. The summed E-state index contributed by atoms with van der Waals surface area (Å²) in [6.07, 6.45) is 7.75. The maximum Gasteiger partial charge on any atom is 0.287 e. The van der Waals surface area contributed by atoms with Crippen LogP contribution in [0.2, 0.25) is 0 Å². The lowest BCUT2D eigenvalue weighted by molar-refractivity contribution is -0.385. The van der Waals surface area contributed by atoms with Crippen molar-refractivity contribution in [3.05, 3.63) is 28.4 Å². The number of thioether (sulfide) groups is 1. The summed E-state index contributed by atoms with van der Waals surface area (Å²) in [7, 11) is 0. The predicted octanol–water partition coefficient (Wildman–Crippen LogP) is 3.41. The minimum Gasteiger partial charge on any atom is -0.258 e. The van der Waals surface area contributed by atoms with E-state index in [4.69, 9.17) is 0 Å². The first kappa shape index (κ1) is 11.4. The van der Waals surface area contributed by atoms with Gasteiger partial charge in [-0.1, -0.05) is 19.3 Å². The van der Waals surface area contributed by atoms with Crippen molar-refractivity contribution in [2.75, 3.05) is 0 Å². The zero-order valence-corrected chi connectivity index (χ0v) is 9.78. The van der Waals surface area contributed by atoms with Crippen molar-refractivity contribution in [1.82, 2.24) is 4.98 Å². The summed E-state index contributed by atoms with van der Waals surface area (Å²) in [6.45, 7) is 0. The summed E-state index contributed by atoms with van der Waals surface area (Å²) in [4.78, 5) is 14.2. The predicted molar refractivity (Wildman–Crippen MR) is 63.6 cm³/mol. The van der Waals surface area contributed by atoms with E-state index >= 15 is 0 Å². The van der Waals surface area contributed by atoms with Crippen molar-refractivity contribution < 1.29 is 4.92 Å². The van der Waals surface area contributed by atoms with Gasteiger partial charge in [0.25, 0.3) is 5.69 Å². The van der Waals surface area contributed by atoms with Gasteiger partial charge in [0.15, 0.2) is 0 Å². The van der Waals surface area contributed by atoms with Gasteiger partial charge < -0.3 is 0 Å². The summed E-state index contributed by atoms with van der Waals surface area (Å²) in [5.41, 5.74) is 0.0630. The van der Waals surface area contributed by atoms with Crippen molar-refractivity contribution in [2.45, 2.75) is 42.4 Å². The number of pyridine rings is 1. The third-order valence-electron chi connectivity index (χ3n) is 2.77. The van der Waals surface area contributed by atoms with E-state index in [2.05, 4.69) is 4.98 Å². The Labute approximate surface area is 98.6 Å². The Morgan fingerprint density at radius 1 is 1.31 bits per heavy atom. The second-order valence-corrected chi connectivity index (χ2v) is 5.31. The van der Waals surface area contributed by atoms with Crippen LogP contribution in [0.15, 0.2) is 23.4 Å². The molecule has 4 nitrogen and oxygen atoms in total.